The van der Waals surface area contributed by atoms with Crippen molar-refractivity contribution in [3.63, 3.8) is 0 Å². The van der Waals surface area contributed by atoms with Gasteiger partial charge in [-0.3, -0.25) is 4.90 Å². The Kier molecular flexibility index (Phi) is 4.75. The zero-order chi connectivity index (χ0) is 14.8. The molecule has 1 saturated heterocycles. The molecule has 1 aromatic heterocycles. The second kappa shape index (κ2) is 6.18. The van der Waals surface area contributed by atoms with E-state index in [1.165, 1.54) is 0 Å². The van der Waals surface area contributed by atoms with E-state index in [9.17, 15) is 0 Å². The van der Waals surface area contributed by atoms with Crippen LogP contribution in [0.25, 0.3) is 0 Å². The number of nitrogens with zero attached hydrogens (tertiary/aromatic N) is 4. The number of aromatic nitrogens is 2. The van der Waals surface area contributed by atoms with Crippen LogP contribution in [-0.2, 0) is 0 Å². The first-order valence-corrected chi connectivity index (χ1v) is 8.27. The predicted octanol–water partition coefficient (Wildman–Crippen LogP) is 2.16. The Morgan fingerprint density at radius 2 is 1.80 bits per heavy atom. The van der Waals surface area contributed by atoms with E-state index >= 15 is 0 Å². The Morgan fingerprint density at radius 1 is 1.15 bits per heavy atom. The van der Waals surface area contributed by atoms with Crippen LogP contribution in [0.15, 0.2) is 11.2 Å². The maximum Gasteiger partial charge on any atom is 0.191 e. The van der Waals surface area contributed by atoms with Gasteiger partial charge >= 0.3 is 0 Å². The fourth-order valence-electron chi connectivity index (χ4n) is 2.40. The molecule has 20 heavy (non-hydrogen) atoms. The quantitative estimate of drug-likeness (QED) is 0.681. The van der Waals surface area contributed by atoms with Crippen LogP contribution in [0.4, 0.5) is 11.6 Å². The second-order valence-electron chi connectivity index (χ2n) is 5.99. The Bertz CT molecular complexity index is 427. The SMILES string of the molecule is CNc1cc(N2CCN(C(C)(C)C)CC2)nc(SC)n1. The van der Waals surface area contributed by atoms with Crippen LogP contribution in [0, 0.1) is 0 Å². The molecule has 0 atom stereocenters. The molecule has 0 unspecified atom stereocenters. The summed E-state index contributed by atoms with van der Waals surface area (Å²) in [6, 6.07) is 2.03. The summed E-state index contributed by atoms with van der Waals surface area (Å²) >= 11 is 1.58. The van der Waals surface area contributed by atoms with Crippen molar-refractivity contribution in [2.24, 2.45) is 0 Å². The molecule has 0 bridgehead atoms. The molecule has 0 amide bonds. The third-order valence-electron chi connectivity index (χ3n) is 3.68. The summed E-state index contributed by atoms with van der Waals surface area (Å²) in [6.07, 6.45) is 2.01. The highest BCUT2D eigenvalue weighted by Gasteiger charge is 2.26. The van der Waals surface area contributed by atoms with Gasteiger partial charge in [0.05, 0.1) is 0 Å². The molecule has 1 aromatic rings. The van der Waals surface area contributed by atoms with Crippen LogP contribution in [0.2, 0.25) is 0 Å². The third-order valence-corrected chi connectivity index (χ3v) is 4.23. The number of anilines is 2. The molecule has 0 aromatic carbocycles. The molecule has 1 aliphatic heterocycles. The summed E-state index contributed by atoms with van der Waals surface area (Å²) in [5.74, 6) is 1.92. The summed E-state index contributed by atoms with van der Waals surface area (Å²) in [7, 11) is 1.90. The number of nitrogens with one attached hydrogen (secondary N) is 1. The number of rotatable bonds is 3. The Hall–Kier alpha value is -1.01. The molecule has 0 aliphatic carbocycles. The Balaban J connectivity index is 2.10. The van der Waals surface area contributed by atoms with Crippen LogP contribution in [0.5, 0.6) is 0 Å². The number of hydrogen-bond donors (Lipinski definition) is 1. The lowest BCUT2D eigenvalue weighted by Gasteiger charge is -2.42. The maximum absolute atomic E-state index is 4.63. The standard InChI is InChI=1S/C14H25N5S/c1-14(2,3)19-8-6-18(7-9-19)12-10-11(15-4)16-13(17-12)20-5/h10H,6-9H2,1-5H3,(H,15,16,17). The van der Waals surface area contributed by atoms with Crippen LogP contribution in [0.1, 0.15) is 20.8 Å². The van der Waals surface area contributed by atoms with Gasteiger partial charge in [0.1, 0.15) is 11.6 Å². The largest absolute Gasteiger partial charge is 0.373 e. The van der Waals surface area contributed by atoms with Gasteiger partial charge in [-0.2, -0.15) is 0 Å². The first kappa shape index (κ1) is 15.4. The van der Waals surface area contributed by atoms with Crippen molar-refractivity contribution in [3.8, 4) is 0 Å². The molecule has 2 heterocycles. The van der Waals surface area contributed by atoms with Crippen molar-refractivity contribution in [2.75, 3.05) is 49.7 Å². The molecule has 2 rings (SSSR count). The van der Waals surface area contributed by atoms with Crippen molar-refractivity contribution in [3.05, 3.63) is 6.07 Å². The fourth-order valence-corrected chi connectivity index (χ4v) is 2.78. The minimum absolute atomic E-state index is 0.248. The van der Waals surface area contributed by atoms with Gasteiger partial charge in [0.25, 0.3) is 0 Å². The fraction of sp³-hybridized carbons (Fsp3) is 0.714. The molecule has 0 radical (unpaired) electrons. The molecule has 1 N–H and O–H groups in total. The van der Waals surface area contributed by atoms with Crippen molar-refractivity contribution in [2.45, 2.75) is 31.5 Å². The normalized spacial score (nSPS) is 17.4. The van der Waals surface area contributed by atoms with E-state index in [0.29, 0.717) is 0 Å². The summed E-state index contributed by atoms with van der Waals surface area (Å²) in [4.78, 5) is 13.9. The highest BCUT2D eigenvalue weighted by Crippen LogP contribution is 2.23. The van der Waals surface area contributed by atoms with Gasteiger partial charge in [-0.05, 0) is 27.0 Å². The van der Waals surface area contributed by atoms with Gasteiger partial charge in [-0.1, -0.05) is 11.8 Å². The zero-order valence-corrected chi connectivity index (χ0v) is 13.9. The van der Waals surface area contributed by atoms with Crippen molar-refractivity contribution in [1.29, 1.82) is 0 Å². The molecule has 112 valence electrons. The van der Waals surface area contributed by atoms with E-state index in [-0.39, 0.29) is 5.54 Å². The molecule has 6 heteroatoms. The number of piperazine rings is 1. The summed E-state index contributed by atoms with van der Waals surface area (Å²) in [5.41, 5.74) is 0.248. The first-order chi connectivity index (χ1) is 9.44. The van der Waals surface area contributed by atoms with Gasteiger partial charge < -0.3 is 10.2 Å². The summed E-state index contributed by atoms with van der Waals surface area (Å²) < 4.78 is 0. The monoisotopic (exact) mass is 295 g/mol. The van der Waals surface area contributed by atoms with Crippen molar-refractivity contribution < 1.29 is 0 Å². The Morgan fingerprint density at radius 3 is 2.30 bits per heavy atom. The minimum Gasteiger partial charge on any atom is -0.373 e. The lowest BCUT2D eigenvalue weighted by atomic mass is 10.1. The van der Waals surface area contributed by atoms with Crippen LogP contribution in [0.3, 0.4) is 0 Å². The maximum atomic E-state index is 4.63. The van der Waals surface area contributed by atoms with Gasteiger partial charge in [0, 0.05) is 44.8 Å². The molecule has 1 fully saturated rings. The number of hydrogen-bond acceptors (Lipinski definition) is 6. The predicted molar refractivity (Wildman–Crippen MR) is 86.9 cm³/mol. The topological polar surface area (TPSA) is 44.3 Å². The van der Waals surface area contributed by atoms with E-state index in [1.807, 2.05) is 19.4 Å². The van der Waals surface area contributed by atoms with Gasteiger partial charge in [-0.15, -0.1) is 0 Å². The lowest BCUT2D eigenvalue weighted by molar-refractivity contribution is 0.128. The Labute approximate surface area is 126 Å². The molecular weight excluding hydrogens is 270 g/mol. The lowest BCUT2D eigenvalue weighted by Crippen LogP contribution is -2.53. The summed E-state index contributed by atoms with van der Waals surface area (Å²) in [5, 5.41) is 3.94. The van der Waals surface area contributed by atoms with Gasteiger partial charge in [-0.25, -0.2) is 9.97 Å². The minimum atomic E-state index is 0.248. The van der Waals surface area contributed by atoms with Crippen molar-refractivity contribution >= 4 is 23.4 Å². The molecule has 0 saturated carbocycles. The zero-order valence-electron chi connectivity index (χ0n) is 13.1. The highest BCUT2D eigenvalue weighted by atomic mass is 32.2. The molecular formula is C14H25N5S. The van der Waals surface area contributed by atoms with E-state index in [4.69, 9.17) is 0 Å². The van der Waals surface area contributed by atoms with Crippen LogP contribution < -0.4 is 10.2 Å². The van der Waals surface area contributed by atoms with Crippen LogP contribution in [-0.4, -0.2) is 59.9 Å². The van der Waals surface area contributed by atoms with Gasteiger partial charge in [0.15, 0.2) is 5.16 Å². The van der Waals surface area contributed by atoms with Crippen molar-refractivity contribution in [1.82, 2.24) is 14.9 Å². The van der Waals surface area contributed by atoms with Crippen LogP contribution >= 0.6 is 11.8 Å². The first-order valence-electron chi connectivity index (χ1n) is 7.05. The average molecular weight is 295 g/mol. The highest BCUT2D eigenvalue weighted by molar-refractivity contribution is 7.98. The van der Waals surface area contributed by atoms with Gasteiger partial charge in [0.2, 0.25) is 0 Å². The smallest absolute Gasteiger partial charge is 0.191 e. The second-order valence-corrected chi connectivity index (χ2v) is 6.77. The summed E-state index contributed by atoms with van der Waals surface area (Å²) in [6.45, 7) is 11.0. The molecule has 1 aliphatic rings. The van der Waals surface area contributed by atoms with E-state index in [0.717, 1.165) is 43.0 Å². The number of thioether (sulfide) groups is 1. The van der Waals surface area contributed by atoms with E-state index < -0.39 is 0 Å². The van der Waals surface area contributed by atoms with E-state index in [2.05, 4.69) is 45.9 Å². The molecule has 5 nitrogen and oxygen atoms in total. The molecule has 0 spiro atoms. The van der Waals surface area contributed by atoms with E-state index in [1.54, 1.807) is 11.8 Å². The third kappa shape index (κ3) is 3.55. The average Bonchev–Trinajstić information content (AvgIpc) is 2.46.